The van der Waals surface area contributed by atoms with Gasteiger partial charge in [0, 0.05) is 26.9 Å². The minimum atomic E-state index is -0.00671. The summed E-state index contributed by atoms with van der Waals surface area (Å²) in [5, 5.41) is 8.15. The van der Waals surface area contributed by atoms with E-state index in [1.165, 1.54) is 40.3 Å². The number of hydrogen-bond acceptors (Lipinski definition) is 4. The smallest absolute Gasteiger partial charge is 0.216 e. The van der Waals surface area contributed by atoms with Gasteiger partial charge in [-0.25, -0.2) is 0 Å². The zero-order chi connectivity index (χ0) is 26.7. The fourth-order valence-electron chi connectivity index (χ4n) is 5.27. The third kappa shape index (κ3) is 7.98. The van der Waals surface area contributed by atoms with Gasteiger partial charge in [0.1, 0.15) is 11.5 Å². The molecular weight excluding hydrogens is 476 g/mol. The average molecular weight is 517 g/mol. The number of nitrogens with one attached hydrogen (secondary N) is 2. The van der Waals surface area contributed by atoms with Crippen molar-refractivity contribution in [3.63, 3.8) is 0 Å². The molecule has 4 rings (SSSR count). The van der Waals surface area contributed by atoms with Gasteiger partial charge in [-0.2, -0.15) is 0 Å². The van der Waals surface area contributed by atoms with Crippen LogP contribution in [0.5, 0.6) is 11.5 Å². The maximum Gasteiger partial charge on any atom is 0.216 e. The van der Waals surface area contributed by atoms with Gasteiger partial charge in [-0.05, 0) is 103 Å². The molecule has 202 valence electrons. The quantitative estimate of drug-likeness (QED) is 0.286. The van der Waals surface area contributed by atoms with Crippen molar-refractivity contribution in [2.45, 2.75) is 64.7 Å². The molecule has 2 amide bonds. The number of carbonyl (C=O) groups is 2. The van der Waals surface area contributed by atoms with Crippen molar-refractivity contribution < 1.29 is 19.1 Å². The molecule has 0 bridgehead atoms. The zero-order valence-corrected chi connectivity index (χ0v) is 22.7. The predicted molar refractivity (Wildman–Crippen MR) is 152 cm³/mol. The summed E-state index contributed by atoms with van der Waals surface area (Å²) < 4.78 is 12.1. The van der Waals surface area contributed by atoms with Crippen LogP contribution in [0.3, 0.4) is 0 Å². The molecule has 0 heterocycles. The van der Waals surface area contributed by atoms with Crippen molar-refractivity contribution in [1.82, 2.24) is 10.6 Å². The van der Waals surface area contributed by atoms with E-state index in [9.17, 15) is 9.59 Å². The Kier molecular flexibility index (Phi) is 10.0. The molecule has 1 atom stereocenters. The molecule has 1 aliphatic rings. The van der Waals surface area contributed by atoms with Gasteiger partial charge in [0.05, 0.1) is 13.2 Å². The first kappa shape index (κ1) is 27.5. The molecule has 0 spiro atoms. The Bertz CT molecular complexity index is 1240. The monoisotopic (exact) mass is 516 g/mol. The topological polar surface area (TPSA) is 76.7 Å². The van der Waals surface area contributed by atoms with E-state index in [2.05, 4.69) is 59.2 Å². The molecule has 0 aliphatic heterocycles. The lowest BCUT2D eigenvalue weighted by molar-refractivity contribution is -0.119. The summed E-state index contributed by atoms with van der Waals surface area (Å²) in [6.45, 7) is 5.76. The van der Waals surface area contributed by atoms with Crippen LogP contribution in [0.15, 0.2) is 54.6 Å². The summed E-state index contributed by atoms with van der Waals surface area (Å²) in [5.74, 6) is 2.30. The second-order valence-corrected chi connectivity index (χ2v) is 10.2. The number of ether oxygens (including phenoxy) is 2. The molecule has 1 unspecified atom stereocenters. The average Bonchev–Trinajstić information content (AvgIpc) is 2.90. The third-order valence-electron chi connectivity index (χ3n) is 7.21. The normalized spacial score (nSPS) is 14.5. The van der Waals surface area contributed by atoms with Crippen molar-refractivity contribution in [3.8, 4) is 11.5 Å². The number of unbranched alkanes of at least 4 members (excludes halogenated alkanes) is 1. The summed E-state index contributed by atoms with van der Waals surface area (Å²) in [6, 6.07) is 19.0. The van der Waals surface area contributed by atoms with E-state index in [4.69, 9.17) is 9.47 Å². The largest absolute Gasteiger partial charge is 0.494 e. The second-order valence-electron chi connectivity index (χ2n) is 10.2. The Morgan fingerprint density at radius 3 is 2.34 bits per heavy atom. The molecule has 1 aliphatic carbocycles. The maximum absolute atomic E-state index is 11.2. The van der Waals surface area contributed by atoms with Gasteiger partial charge >= 0.3 is 0 Å². The highest BCUT2D eigenvalue weighted by Crippen LogP contribution is 2.36. The van der Waals surface area contributed by atoms with E-state index in [0.717, 1.165) is 50.1 Å². The van der Waals surface area contributed by atoms with Crippen LogP contribution in [0.4, 0.5) is 0 Å². The number of hydrogen-bond donors (Lipinski definition) is 2. The van der Waals surface area contributed by atoms with Crippen LogP contribution >= 0.6 is 0 Å². The SMILES string of the molecule is CC(=O)NCCc1cccc2ccc(OCCCCOc3ccc4c(c3)C(CCNC(C)=O)CCC4)cc12. The van der Waals surface area contributed by atoms with Gasteiger partial charge in [0.25, 0.3) is 0 Å². The Hall–Kier alpha value is -3.54. The van der Waals surface area contributed by atoms with Crippen LogP contribution in [0.25, 0.3) is 10.8 Å². The van der Waals surface area contributed by atoms with Gasteiger partial charge in [0.15, 0.2) is 0 Å². The molecule has 0 saturated heterocycles. The van der Waals surface area contributed by atoms with E-state index >= 15 is 0 Å². The molecule has 3 aromatic rings. The number of benzene rings is 3. The Morgan fingerprint density at radius 2 is 1.58 bits per heavy atom. The second kappa shape index (κ2) is 13.8. The number of aryl methyl sites for hydroxylation is 1. The lowest BCUT2D eigenvalue weighted by Gasteiger charge is -2.26. The summed E-state index contributed by atoms with van der Waals surface area (Å²) in [6.07, 6.45) is 7.07. The summed E-state index contributed by atoms with van der Waals surface area (Å²) in [5.41, 5.74) is 4.01. The van der Waals surface area contributed by atoms with Gasteiger partial charge in [-0.15, -0.1) is 0 Å². The Morgan fingerprint density at radius 1 is 0.868 bits per heavy atom. The summed E-state index contributed by atoms with van der Waals surface area (Å²) in [7, 11) is 0. The standard InChI is InChI=1S/C32H40N2O4/c1-23(35)33-17-15-27-9-5-7-25-11-13-29(21-31(25)27)37-19-3-4-20-38-30-14-12-26-8-6-10-28(32(26)22-30)16-18-34-24(2)36/h5,7,9,11-14,21-22,28H,3-4,6,8,10,15-20H2,1-2H3,(H,33,35)(H,34,36). The van der Waals surface area contributed by atoms with Gasteiger partial charge in [0.2, 0.25) is 11.8 Å². The van der Waals surface area contributed by atoms with Crippen molar-refractivity contribution in [1.29, 1.82) is 0 Å². The van der Waals surface area contributed by atoms with Crippen molar-refractivity contribution in [2.75, 3.05) is 26.3 Å². The first-order chi connectivity index (χ1) is 18.5. The third-order valence-corrected chi connectivity index (χ3v) is 7.21. The van der Waals surface area contributed by atoms with Crippen LogP contribution < -0.4 is 20.1 Å². The first-order valence-electron chi connectivity index (χ1n) is 13.9. The minimum absolute atomic E-state index is 0.00671. The molecule has 3 aromatic carbocycles. The molecule has 2 N–H and O–H groups in total. The predicted octanol–water partition coefficient (Wildman–Crippen LogP) is 5.70. The highest BCUT2D eigenvalue weighted by Gasteiger charge is 2.20. The number of carbonyl (C=O) groups excluding carboxylic acids is 2. The maximum atomic E-state index is 11.2. The molecule has 0 aromatic heterocycles. The van der Waals surface area contributed by atoms with Crippen LogP contribution in [0.1, 0.15) is 68.6 Å². The number of rotatable bonds is 13. The lowest BCUT2D eigenvalue weighted by atomic mass is 9.81. The van der Waals surface area contributed by atoms with E-state index in [1.807, 2.05) is 6.07 Å². The van der Waals surface area contributed by atoms with E-state index in [0.29, 0.717) is 25.7 Å². The first-order valence-corrected chi connectivity index (χ1v) is 13.9. The van der Waals surface area contributed by atoms with E-state index < -0.39 is 0 Å². The van der Waals surface area contributed by atoms with E-state index in [-0.39, 0.29) is 11.8 Å². The number of amides is 2. The highest BCUT2D eigenvalue weighted by atomic mass is 16.5. The zero-order valence-electron chi connectivity index (χ0n) is 22.7. The fraction of sp³-hybridized carbons (Fsp3) is 0.438. The van der Waals surface area contributed by atoms with E-state index in [1.54, 1.807) is 13.8 Å². The van der Waals surface area contributed by atoms with Crippen LogP contribution in [0, 0.1) is 0 Å². The lowest BCUT2D eigenvalue weighted by Crippen LogP contribution is -2.23. The molecular formula is C32H40N2O4. The number of fused-ring (bicyclic) bond motifs is 2. The van der Waals surface area contributed by atoms with Gasteiger partial charge < -0.3 is 20.1 Å². The summed E-state index contributed by atoms with van der Waals surface area (Å²) >= 11 is 0. The van der Waals surface area contributed by atoms with Gasteiger partial charge in [-0.1, -0.05) is 30.3 Å². The minimum Gasteiger partial charge on any atom is -0.494 e. The molecule has 0 fully saturated rings. The van der Waals surface area contributed by atoms with Crippen molar-refractivity contribution in [2.24, 2.45) is 0 Å². The molecule has 6 nitrogen and oxygen atoms in total. The fourth-order valence-corrected chi connectivity index (χ4v) is 5.27. The van der Waals surface area contributed by atoms with Crippen LogP contribution in [-0.4, -0.2) is 38.1 Å². The summed E-state index contributed by atoms with van der Waals surface area (Å²) in [4.78, 5) is 22.4. The molecule has 6 heteroatoms. The Balaban J connectivity index is 1.23. The van der Waals surface area contributed by atoms with Crippen LogP contribution in [-0.2, 0) is 22.4 Å². The van der Waals surface area contributed by atoms with Crippen molar-refractivity contribution in [3.05, 3.63) is 71.3 Å². The van der Waals surface area contributed by atoms with Gasteiger partial charge in [-0.3, -0.25) is 9.59 Å². The molecule has 0 radical (unpaired) electrons. The van der Waals surface area contributed by atoms with Crippen molar-refractivity contribution >= 4 is 22.6 Å². The van der Waals surface area contributed by atoms with Crippen LogP contribution in [0.2, 0.25) is 0 Å². The molecule has 38 heavy (non-hydrogen) atoms. The Labute approximate surface area is 226 Å². The molecule has 0 saturated carbocycles. The highest BCUT2D eigenvalue weighted by molar-refractivity contribution is 5.87.